The summed E-state index contributed by atoms with van der Waals surface area (Å²) < 4.78 is 11.0. The molecule has 0 amide bonds. The first kappa shape index (κ1) is 14.7. The number of nitrogens with zero attached hydrogens (tertiary/aromatic N) is 2. The molecule has 0 spiro atoms. The normalized spacial score (nSPS) is 12.6. The minimum atomic E-state index is -0.959. The second-order valence-electron chi connectivity index (χ2n) is 4.31. The van der Waals surface area contributed by atoms with Gasteiger partial charge in [-0.2, -0.15) is 0 Å². The molecule has 0 aliphatic carbocycles. The average Bonchev–Trinajstić information content (AvgIpc) is 2.75. The largest absolute Gasteiger partial charge is 0.477 e. The van der Waals surface area contributed by atoms with Crippen LogP contribution in [0.5, 0.6) is 5.88 Å². The van der Waals surface area contributed by atoms with Gasteiger partial charge in [-0.05, 0) is 26.3 Å². The summed E-state index contributed by atoms with van der Waals surface area (Å²) in [4.78, 5) is 20.3. The van der Waals surface area contributed by atoms with Crippen molar-refractivity contribution in [1.29, 1.82) is 0 Å². The maximum Gasteiger partial charge on any atom is 0.346 e. The summed E-state index contributed by atoms with van der Waals surface area (Å²) in [5, 5.41) is 9.82. The van der Waals surface area contributed by atoms with Gasteiger partial charge in [-0.15, -0.1) is 11.3 Å². The van der Waals surface area contributed by atoms with Gasteiger partial charge in [0.25, 0.3) is 0 Å². The Morgan fingerprint density at radius 2 is 2.25 bits per heavy atom. The van der Waals surface area contributed by atoms with Gasteiger partial charge in [0.1, 0.15) is 22.1 Å². The first-order chi connectivity index (χ1) is 9.54. The van der Waals surface area contributed by atoms with E-state index in [0.717, 1.165) is 11.3 Å². The molecule has 2 heterocycles. The van der Waals surface area contributed by atoms with E-state index in [-0.39, 0.29) is 11.0 Å². The van der Waals surface area contributed by atoms with Crippen molar-refractivity contribution in [3.05, 3.63) is 16.8 Å². The zero-order valence-corrected chi connectivity index (χ0v) is 12.4. The van der Waals surface area contributed by atoms with Gasteiger partial charge in [0, 0.05) is 6.61 Å². The zero-order valence-electron chi connectivity index (χ0n) is 11.5. The summed E-state index contributed by atoms with van der Waals surface area (Å²) in [5.41, 5.74) is 0.636. The number of aromatic carboxylic acids is 1. The third-order valence-corrected chi connectivity index (χ3v) is 3.94. The summed E-state index contributed by atoms with van der Waals surface area (Å²) >= 11 is 1.13. The Bertz CT molecular complexity index is 626. The highest BCUT2D eigenvalue weighted by atomic mass is 32.1. The molecule has 2 aromatic heterocycles. The van der Waals surface area contributed by atoms with E-state index in [4.69, 9.17) is 14.6 Å². The van der Waals surface area contributed by atoms with E-state index in [1.165, 1.54) is 6.33 Å². The lowest BCUT2D eigenvalue weighted by Gasteiger charge is -2.14. The Balaban J connectivity index is 2.36. The second kappa shape index (κ2) is 6.15. The van der Waals surface area contributed by atoms with Crippen LogP contribution in [0.1, 0.15) is 29.1 Å². The topological polar surface area (TPSA) is 81.5 Å². The molecule has 6 nitrogen and oxygen atoms in total. The average molecular weight is 296 g/mol. The van der Waals surface area contributed by atoms with Gasteiger partial charge >= 0.3 is 5.97 Å². The van der Waals surface area contributed by atoms with Gasteiger partial charge in [0.15, 0.2) is 0 Å². The van der Waals surface area contributed by atoms with Crippen LogP contribution in [0.2, 0.25) is 0 Å². The molecule has 0 bridgehead atoms. The Kier molecular flexibility index (Phi) is 4.51. The molecule has 0 aliphatic heterocycles. The van der Waals surface area contributed by atoms with Crippen LogP contribution in [0.15, 0.2) is 6.33 Å². The molecule has 0 radical (unpaired) electrons. The maximum atomic E-state index is 11.2. The first-order valence-electron chi connectivity index (χ1n) is 6.26. The van der Waals surface area contributed by atoms with Crippen LogP contribution >= 0.6 is 11.3 Å². The predicted octanol–water partition coefficient (Wildman–Crippen LogP) is 2.50. The number of carboxylic acids is 1. The van der Waals surface area contributed by atoms with Crippen molar-refractivity contribution in [2.24, 2.45) is 0 Å². The molecule has 0 saturated carbocycles. The molecular formula is C13H16N2O4S. The predicted molar refractivity (Wildman–Crippen MR) is 75.7 cm³/mol. The first-order valence-corrected chi connectivity index (χ1v) is 7.08. The van der Waals surface area contributed by atoms with Crippen molar-refractivity contribution < 1.29 is 19.4 Å². The molecule has 20 heavy (non-hydrogen) atoms. The number of aryl methyl sites for hydroxylation is 1. The molecule has 2 aromatic rings. The Labute approximate surface area is 120 Å². The van der Waals surface area contributed by atoms with E-state index >= 15 is 0 Å². The number of hydrogen-bond donors (Lipinski definition) is 1. The minimum Gasteiger partial charge on any atom is -0.477 e. The minimum absolute atomic E-state index is 0.166. The SMILES string of the molecule is CCOCC(C)Oc1ncnc2sc(C(=O)O)c(C)c12. The van der Waals surface area contributed by atoms with Gasteiger partial charge in [-0.25, -0.2) is 14.8 Å². The number of rotatable bonds is 6. The highest BCUT2D eigenvalue weighted by Crippen LogP contribution is 2.34. The van der Waals surface area contributed by atoms with Gasteiger partial charge in [-0.1, -0.05) is 0 Å². The number of carboxylic acid groups (broad SMARTS) is 1. The van der Waals surface area contributed by atoms with Gasteiger partial charge in [0.2, 0.25) is 5.88 Å². The number of aromatic nitrogens is 2. The molecule has 0 fully saturated rings. The van der Waals surface area contributed by atoms with E-state index in [1.54, 1.807) is 6.92 Å². The van der Waals surface area contributed by atoms with Crippen LogP contribution in [-0.2, 0) is 4.74 Å². The molecule has 2 rings (SSSR count). The van der Waals surface area contributed by atoms with E-state index in [1.807, 2.05) is 13.8 Å². The highest BCUT2D eigenvalue weighted by Gasteiger charge is 2.20. The number of carbonyl (C=O) groups is 1. The van der Waals surface area contributed by atoms with Crippen LogP contribution in [-0.4, -0.2) is 40.4 Å². The standard InChI is InChI=1S/C13H16N2O4S/c1-4-18-5-7(2)19-11-9-8(3)10(13(16)17)20-12(9)15-6-14-11/h6-7H,4-5H2,1-3H3,(H,16,17). The Hall–Kier alpha value is -1.73. The molecule has 1 unspecified atom stereocenters. The van der Waals surface area contributed by atoms with E-state index in [2.05, 4.69) is 9.97 Å². The molecular weight excluding hydrogens is 280 g/mol. The fraction of sp³-hybridized carbons (Fsp3) is 0.462. The van der Waals surface area contributed by atoms with Crippen molar-refractivity contribution in [1.82, 2.24) is 9.97 Å². The summed E-state index contributed by atoms with van der Waals surface area (Å²) in [6.07, 6.45) is 1.22. The third kappa shape index (κ3) is 2.88. The molecule has 1 atom stereocenters. The van der Waals surface area contributed by atoms with Crippen LogP contribution in [0, 0.1) is 6.92 Å². The molecule has 7 heteroatoms. The van der Waals surface area contributed by atoms with Crippen molar-refractivity contribution >= 4 is 27.5 Å². The zero-order chi connectivity index (χ0) is 14.7. The number of fused-ring (bicyclic) bond motifs is 1. The monoisotopic (exact) mass is 296 g/mol. The van der Waals surface area contributed by atoms with E-state index in [0.29, 0.717) is 34.9 Å². The van der Waals surface area contributed by atoms with Crippen LogP contribution in [0.3, 0.4) is 0 Å². The fourth-order valence-corrected chi connectivity index (χ4v) is 2.82. The lowest BCUT2D eigenvalue weighted by molar-refractivity contribution is 0.0641. The van der Waals surface area contributed by atoms with Crippen molar-refractivity contribution in [2.45, 2.75) is 26.9 Å². The van der Waals surface area contributed by atoms with Crippen molar-refractivity contribution in [2.75, 3.05) is 13.2 Å². The quantitative estimate of drug-likeness (QED) is 0.882. The maximum absolute atomic E-state index is 11.2. The highest BCUT2D eigenvalue weighted by molar-refractivity contribution is 7.20. The second-order valence-corrected chi connectivity index (χ2v) is 5.31. The molecule has 0 aromatic carbocycles. The number of hydrogen-bond acceptors (Lipinski definition) is 6. The van der Waals surface area contributed by atoms with Crippen LogP contribution in [0.4, 0.5) is 0 Å². The van der Waals surface area contributed by atoms with Crippen molar-refractivity contribution in [3.8, 4) is 5.88 Å². The summed E-state index contributed by atoms with van der Waals surface area (Å²) in [6, 6.07) is 0. The third-order valence-electron chi connectivity index (χ3n) is 2.76. The number of thiophene rings is 1. The smallest absolute Gasteiger partial charge is 0.346 e. The van der Waals surface area contributed by atoms with Gasteiger partial charge < -0.3 is 14.6 Å². The molecule has 0 saturated heterocycles. The number of ether oxygens (including phenoxy) is 2. The van der Waals surface area contributed by atoms with Crippen molar-refractivity contribution in [3.63, 3.8) is 0 Å². The van der Waals surface area contributed by atoms with E-state index in [9.17, 15) is 4.79 Å². The Morgan fingerprint density at radius 3 is 2.90 bits per heavy atom. The fourth-order valence-electron chi connectivity index (χ4n) is 1.84. The molecule has 1 N–H and O–H groups in total. The van der Waals surface area contributed by atoms with Gasteiger partial charge in [0.05, 0.1) is 12.0 Å². The van der Waals surface area contributed by atoms with Crippen LogP contribution < -0.4 is 4.74 Å². The lowest BCUT2D eigenvalue weighted by Crippen LogP contribution is -2.19. The summed E-state index contributed by atoms with van der Waals surface area (Å²) in [5.74, 6) is -0.553. The van der Waals surface area contributed by atoms with Crippen LogP contribution in [0.25, 0.3) is 10.2 Å². The van der Waals surface area contributed by atoms with E-state index < -0.39 is 5.97 Å². The van der Waals surface area contributed by atoms with Gasteiger partial charge in [-0.3, -0.25) is 0 Å². The Morgan fingerprint density at radius 1 is 1.50 bits per heavy atom. The molecule has 0 aliphatic rings. The molecule has 108 valence electrons. The summed E-state index contributed by atoms with van der Waals surface area (Å²) in [6.45, 7) is 6.61. The summed E-state index contributed by atoms with van der Waals surface area (Å²) in [7, 11) is 0. The lowest BCUT2D eigenvalue weighted by atomic mass is 10.2.